The number of carboxylic acids is 1. The van der Waals surface area contributed by atoms with Crippen LogP contribution in [0.2, 0.25) is 0 Å². The second-order valence-electron chi connectivity index (χ2n) is 5.52. The molecule has 1 atom stereocenters. The third-order valence-corrected chi connectivity index (χ3v) is 3.77. The largest absolute Gasteiger partial charge is 0.481 e. The molecule has 1 aromatic rings. The summed E-state index contributed by atoms with van der Waals surface area (Å²) in [5.41, 5.74) is 7.11. The number of nitrogens with zero attached hydrogens (tertiary/aromatic N) is 1. The lowest BCUT2D eigenvalue weighted by atomic mass is 10.0. The van der Waals surface area contributed by atoms with Gasteiger partial charge in [0.2, 0.25) is 5.91 Å². The molecule has 5 heteroatoms. The molecular weight excluding hydrogens is 268 g/mol. The SMILES string of the molecule is NC(CCC(=O)N(CCC(=O)O)C1CC1)c1ccccc1. The number of carbonyl (C=O) groups is 2. The summed E-state index contributed by atoms with van der Waals surface area (Å²) in [6.07, 6.45) is 2.92. The monoisotopic (exact) mass is 290 g/mol. The second kappa shape index (κ2) is 7.22. The van der Waals surface area contributed by atoms with Crippen molar-refractivity contribution >= 4 is 11.9 Å². The lowest BCUT2D eigenvalue weighted by Crippen LogP contribution is -2.35. The Morgan fingerprint density at radius 2 is 1.90 bits per heavy atom. The fourth-order valence-corrected chi connectivity index (χ4v) is 2.40. The molecule has 1 aliphatic carbocycles. The van der Waals surface area contributed by atoms with Gasteiger partial charge in [0.15, 0.2) is 0 Å². The molecule has 0 aromatic heterocycles. The van der Waals surface area contributed by atoms with E-state index in [1.807, 2.05) is 30.3 Å². The van der Waals surface area contributed by atoms with E-state index in [0.29, 0.717) is 19.4 Å². The van der Waals surface area contributed by atoms with E-state index < -0.39 is 5.97 Å². The van der Waals surface area contributed by atoms with Gasteiger partial charge in [0.25, 0.3) is 0 Å². The Kier molecular flexibility index (Phi) is 5.33. The van der Waals surface area contributed by atoms with Gasteiger partial charge < -0.3 is 15.7 Å². The van der Waals surface area contributed by atoms with Crippen LogP contribution in [0.15, 0.2) is 30.3 Å². The van der Waals surface area contributed by atoms with E-state index in [2.05, 4.69) is 0 Å². The molecule has 0 saturated heterocycles. The van der Waals surface area contributed by atoms with Crippen molar-refractivity contribution in [3.05, 3.63) is 35.9 Å². The topological polar surface area (TPSA) is 83.6 Å². The van der Waals surface area contributed by atoms with E-state index in [0.717, 1.165) is 18.4 Å². The van der Waals surface area contributed by atoms with Crippen molar-refractivity contribution in [3.63, 3.8) is 0 Å². The first-order chi connectivity index (χ1) is 10.1. The van der Waals surface area contributed by atoms with Gasteiger partial charge in [-0.25, -0.2) is 0 Å². The van der Waals surface area contributed by atoms with Crippen molar-refractivity contribution in [2.45, 2.75) is 44.2 Å². The predicted molar refractivity (Wildman–Crippen MR) is 79.6 cm³/mol. The van der Waals surface area contributed by atoms with E-state index in [1.165, 1.54) is 0 Å². The number of rotatable bonds is 8. The molecule has 1 aromatic carbocycles. The first kappa shape index (κ1) is 15.5. The summed E-state index contributed by atoms with van der Waals surface area (Å²) in [6, 6.07) is 9.79. The van der Waals surface area contributed by atoms with Crippen molar-refractivity contribution in [3.8, 4) is 0 Å². The highest BCUT2D eigenvalue weighted by molar-refractivity contribution is 5.77. The van der Waals surface area contributed by atoms with Crippen molar-refractivity contribution in [2.24, 2.45) is 5.73 Å². The molecule has 2 rings (SSSR count). The van der Waals surface area contributed by atoms with Gasteiger partial charge in [-0.15, -0.1) is 0 Å². The third kappa shape index (κ3) is 4.86. The van der Waals surface area contributed by atoms with Crippen LogP contribution in [0, 0.1) is 0 Å². The Balaban J connectivity index is 1.83. The first-order valence-electron chi connectivity index (χ1n) is 7.39. The normalized spacial score (nSPS) is 15.5. The molecular formula is C16H22N2O3. The second-order valence-corrected chi connectivity index (χ2v) is 5.52. The van der Waals surface area contributed by atoms with Gasteiger partial charge in [-0.2, -0.15) is 0 Å². The van der Waals surface area contributed by atoms with Crippen LogP contribution in [0.4, 0.5) is 0 Å². The van der Waals surface area contributed by atoms with Crippen LogP contribution < -0.4 is 5.73 Å². The minimum Gasteiger partial charge on any atom is -0.481 e. The summed E-state index contributed by atoms with van der Waals surface area (Å²) in [7, 11) is 0. The van der Waals surface area contributed by atoms with Crippen LogP contribution in [0.25, 0.3) is 0 Å². The highest BCUT2D eigenvalue weighted by Gasteiger charge is 2.32. The van der Waals surface area contributed by atoms with Gasteiger partial charge in [0.05, 0.1) is 6.42 Å². The van der Waals surface area contributed by atoms with E-state index in [-0.39, 0.29) is 24.4 Å². The highest BCUT2D eigenvalue weighted by atomic mass is 16.4. The molecule has 1 unspecified atom stereocenters. The number of amides is 1. The zero-order chi connectivity index (χ0) is 15.2. The van der Waals surface area contributed by atoms with Crippen LogP contribution >= 0.6 is 0 Å². The Hall–Kier alpha value is -1.88. The molecule has 1 amide bonds. The fraction of sp³-hybridized carbons (Fsp3) is 0.500. The van der Waals surface area contributed by atoms with E-state index in [9.17, 15) is 9.59 Å². The number of hydrogen-bond acceptors (Lipinski definition) is 3. The molecule has 0 bridgehead atoms. The molecule has 0 aliphatic heterocycles. The number of nitrogens with two attached hydrogens (primary N) is 1. The average Bonchev–Trinajstić information content (AvgIpc) is 3.30. The van der Waals surface area contributed by atoms with Gasteiger partial charge in [0.1, 0.15) is 0 Å². The molecule has 1 aliphatic rings. The van der Waals surface area contributed by atoms with E-state index in [4.69, 9.17) is 10.8 Å². The standard InChI is InChI=1S/C16H22N2O3/c17-14(12-4-2-1-3-5-12)8-9-15(19)18(13-6-7-13)11-10-16(20)21/h1-5,13-14H,6-11,17H2,(H,20,21). The molecule has 114 valence electrons. The predicted octanol–water partition coefficient (Wildman–Crippen LogP) is 1.93. The van der Waals surface area contributed by atoms with Gasteiger partial charge in [0, 0.05) is 25.0 Å². The maximum Gasteiger partial charge on any atom is 0.305 e. The number of benzene rings is 1. The van der Waals surface area contributed by atoms with Crippen LogP contribution in [0.5, 0.6) is 0 Å². The van der Waals surface area contributed by atoms with Crippen LogP contribution in [-0.2, 0) is 9.59 Å². The zero-order valence-electron chi connectivity index (χ0n) is 12.1. The van der Waals surface area contributed by atoms with Crippen molar-refractivity contribution in [2.75, 3.05) is 6.54 Å². The molecule has 1 fully saturated rings. The van der Waals surface area contributed by atoms with E-state index >= 15 is 0 Å². The lowest BCUT2D eigenvalue weighted by molar-refractivity contribution is -0.138. The Bertz CT molecular complexity index is 486. The summed E-state index contributed by atoms with van der Waals surface area (Å²) in [6.45, 7) is 0.305. The van der Waals surface area contributed by atoms with E-state index in [1.54, 1.807) is 4.90 Å². The minimum atomic E-state index is -0.866. The Morgan fingerprint density at radius 3 is 2.48 bits per heavy atom. The summed E-state index contributed by atoms with van der Waals surface area (Å²) in [4.78, 5) is 24.6. The molecule has 0 radical (unpaired) electrons. The van der Waals surface area contributed by atoms with Crippen LogP contribution in [0.1, 0.15) is 43.7 Å². The third-order valence-electron chi connectivity index (χ3n) is 3.77. The fourth-order valence-electron chi connectivity index (χ4n) is 2.40. The van der Waals surface area contributed by atoms with Crippen molar-refractivity contribution < 1.29 is 14.7 Å². The van der Waals surface area contributed by atoms with Gasteiger partial charge in [-0.05, 0) is 24.8 Å². The molecule has 0 spiro atoms. The molecule has 1 saturated carbocycles. The van der Waals surface area contributed by atoms with Gasteiger partial charge >= 0.3 is 5.97 Å². The number of carboxylic acid groups (broad SMARTS) is 1. The van der Waals surface area contributed by atoms with Crippen molar-refractivity contribution in [1.82, 2.24) is 4.90 Å². The highest BCUT2D eigenvalue weighted by Crippen LogP contribution is 2.28. The summed E-state index contributed by atoms with van der Waals surface area (Å²) in [5.74, 6) is -0.848. The smallest absolute Gasteiger partial charge is 0.305 e. The van der Waals surface area contributed by atoms with Crippen molar-refractivity contribution in [1.29, 1.82) is 0 Å². The number of aliphatic carboxylic acids is 1. The van der Waals surface area contributed by atoms with Gasteiger partial charge in [-0.1, -0.05) is 30.3 Å². The molecule has 5 nitrogen and oxygen atoms in total. The number of hydrogen-bond donors (Lipinski definition) is 2. The Morgan fingerprint density at radius 1 is 1.24 bits per heavy atom. The summed E-state index contributed by atoms with van der Waals surface area (Å²) >= 11 is 0. The lowest BCUT2D eigenvalue weighted by Gasteiger charge is -2.22. The Labute approximate surface area is 124 Å². The number of carbonyl (C=O) groups excluding carboxylic acids is 1. The quantitative estimate of drug-likeness (QED) is 0.766. The van der Waals surface area contributed by atoms with Crippen LogP contribution in [-0.4, -0.2) is 34.5 Å². The molecule has 21 heavy (non-hydrogen) atoms. The van der Waals surface area contributed by atoms with Gasteiger partial charge in [-0.3, -0.25) is 9.59 Å². The zero-order valence-corrected chi connectivity index (χ0v) is 12.1. The maximum absolute atomic E-state index is 12.3. The van der Waals surface area contributed by atoms with Crippen LogP contribution in [0.3, 0.4) is 0 Å². The molecule has 0 heterocycles. The summed E-state index contributed by atoms with van der Waals surface area (Å²) < 4.78 is 0. The minimum absolute atomic E-state index is 0.00692. The molecule has 3 N–H and O–H groups in total. The maximum atomic E-state index is 12.3. The summed E-state index contributed by atoms with van der Waals surface area (Å²) in [5, 5.41) is 8.76. The first-order valence-corrected chi connectivity index (χ1v) is 7.39. The average molecular weight is 290 g/mol.